The Morgan fingerprint density at radius 2 is 1.32 bits per heavy atom. The quantitative estimate of drug-likeness (QED) is 0.427. The van der Waals surface area contributed by atoms with E-state index in [-0.39, 0.29) is 18.0 Å². The normalized spacial score (nSPS) is 19.0. The molecule has 170 valence electrons. The lowest BCUT2D eigenvalue weighted by Crippen LogP contribution is -2.51. The van der Waals surface area contributed by atoms with Crippen molar-refractivity contribution in [1.29, 1.82) is 0 Å². The van der Waals surface area contributed by atoms with Gasteiger partial charge in [0.2, 0.25) is 20.0 Å². The molecule has 7 nitrogen and oxygen atoms in total. The van der Waals surface area contributed by atoms with Gasteiger partial charge in [-0.25, -0.2) is 27.1 Å². The first-order valence-corrected chi connectivity index (χ1v) is 13.6. The van der Waals surface area contributed by atoms with Crippen LogP contribution < -0.4 is 10.3 Å². The third-order valence-electron chi connectivity index (χ3n) is 5.97. The van der Waals surface area contributed by atoms with E-state index in [1.165, 1.54) is 0 Å². The second-order valence-corrected chi connectivity index (χ2v) is 12.2. The average Bonchev–Trinajstić information content (AvgIpc) is 2.50. The Balaban J connectivity index is 6.05. The van der Waals surface area contributed by atoms with Crippen molar-refractivity contribution in [2.75, 3.05) is 5.75 Å². The van der Waals surface area contributed by atoms with Crippen molar-refractivity contribution in [2.45, 2.75) is 104 Å². The summed E-state index contributed by atoms with van der Waals surface area (Å²) in [7, 11) is -7.43. The number of nitrogens with two attached hydrogens (primary N) is 2. The minimum atomic E-state index is -3.75. The third kappa shape index (κ3) is 7.89. The summed E-state index contributed by atoms with van der Waals surface area (Å²) in [6, 6.07) is 0. The van der Waals surface area contributed by atoms with E-state index in [4.69, 9.17) is 15.0 Å². The summed E-state index contributed by atoms with van der Waals surface area (Å²) in [5.74, 6) is -0.174. The molecular formula is C19H42N2O5S2. The fourth-order valence-electron chi connectivity index (χ4n) is 4.19. The van der Waals surface area contributed by atoms with E-state index in [2.05, 4.69) is 0 Å². The highest BCUT2D eigenvalue weighted by Crippen LogP contribution is 2.40. The molecule has 0 aliphatic rings. The van der Waals surface area contributed by atoms with E-state index < -0.39 is 36.1 Å². The summed E-state index contributed by atoms with van der Waals surface area (Å²) >= 11 is 0. The summed E-state index contributed by atoms with van der Waals surface area (Å²) in [6.45, 7) is 13.4. The summed E-state index contributed by atoms with van der Waals surface area (Å²) < 4.78 is 54.6. The van der Waals surface area contributed by atoms with E-state index in [0.717, 1.165) is 12.8 Å². The zero-order chi connectivity index (χ0) is 22.4. The number of rotatable bonds is 14. The Labute approximate surface area is 173 Å². The van der Waals surface area contributed by atoms with Gasteiger partial charge in [-0.3, -0.25) is 0 Å². The number of hydrogen-bond donors (Lipinski definition) is 2. The monoisotopic (exact) mass is 442 g/mol. The van der Waals surface area contributed by atoms with Crippen molar-refractivity contribution < 1.29 is 21.6 Å². The molecule has 0 heterocycles. The Morgan fingerprint density at radius 1 is 0.857 bits per heavy atom. The molecule has 0 aromatic heterocycles. The van der Waals surface area contributed by atoms with Crippen LogP contribution in [0.5, 0.6) is 0 Å². The molecule has 9 heteroatoms. The lowest BCUT2D eigenvalue weighted by Gasteiger charge is -2.45. The molecule has 0 aliphatic heterocycles. The highest BCUT2D eigenvalue weighted by Gasteiger charge is 2.46. The molecule has 0 saturated heterocycles. The fraction of sp³-hybridized carbons (Fsp3) is 1.00. The fourth-order valence-corrected chi connectivity index (χ4v) is 6.96. The molecule has 0 spiro atoms. The van der Waals surface area contributed by atoms with Gasteiger partial charge in [0.05, 0.1) is 23.2 Å². The molecule has 28 heavy (non-hydrogen) atoms. The molecule has 0 fully saturated rings. The SMILES string of the molecule is CCCC(OC(CCC)C(C)(C)C(CC)S(N)(=O)=O)C(C)(CC)CS(N)(=O)=O. The average molecular weight is 443 g/mol. The van der Waals surface area contributed by atoms with Gasteiger partial charge in [-0.05, 0) is 25.7 Å². The molecule has 0 aliphatic carbocycles. The largest absolute Gasteiger partial charge is 0.374 e. The lowest BCUT2D eigenvalue weighted by molar-refractivity contribution is -0.121. The smallest absolute Gasteiger partial charge is 0.212 e. The summed E-state index contributed by atoms with van der Waals surface area (Å²) in [5, 5.41) is 10.1. The number of hydrogen-bond acceptors (Lipinski definition) is 5. The van der Waals surface area contributed by atoms with Gasteiger partial charge in [-0.2, -0.15) is 0 Å². The molecule has 0 aromatic carbocycles. The van der Waals surface area contributed by atoms with Crippen LogP contribution in [-0.4, -0.2) is 40.0 Å². The van der Waals surface area contributed by atoms with Crippen molar-refractivity contribution in [2.24, 2.45) is 21.1 Å². The summed E-state index contributed by atoms with van der Waals surface area (Å²) in [6.07, 6.45) is 3.20. The summed E-state index contributed by atoms with van der Waals surface area (Å²) in [4.78, 5) is 0. The van der Waals surface area contributed by atoms with Crippen LogP contribution in [0.4, 0.5) is 0 Å². The number of sulfonamides is 2. The van der Waals surface area contributed by atoms with E-state index in [9.17, 15) is 16.8 Å². The molecule has 0 radical (unpaired) electrons. The molecule has 4 unspecified atom stereocenters. The molecule has 4 N–H and O–H groups in total. The zero-order valence-corrected chi connectivity index (χ0v) is 20.3. The second kappa shape index (κ2) is 10.7. The van der Waals surface area contributed by atoms with Crippen molar-refractivity contribution in [3.05, 3.63) is 0 Å². The maximum absolute atomic E-state index is 12.2. The molecule has 0 aromatic rings. The summed E-state index contributed by atoms with van der Waals surface area (Å²) in [5.41, 5.74) is -1.38. The first kappa shape index (κ1) is 27.8. The Kier molecular flexibility index (Phi) is 10.6. The predicted molar refractivity (Wildman–Crippen MR) is 116 cm³/mol. The van der Waals surface area contributed by atoms with Crippen molar-refractivity contribution in [3.63, 3.8) is 0 Å². The number of ether oxygens (including phenoxy) is 1. The second-order valence-electron chi connectivity index (χ2n) is 8.81. The van der Waals surface area contributed by atoms with Crippen LogP contribution in [0.3, 0.4) is 0 Å². The van der Waals surface area contributed by atoms with Crippen LogP contribution in [0.25, 0.3) is 0 Å². The van der Waals surface area contributed by atoms with Gasteiger partial charge in [-0.1, -0.05) is 61.3 Å². The first-order chi connectivity index (χ1) is 12.6. The van der Waals surface area contributed by atoms with Crippen LogP contribution in [0.2, 0.25) is 0 Å². The van der Waals surface area contributed by atoms with E-state index in [1.807, 2.05) is 41.5 Å². The van der Waals surface area contributed by atoms with Gasteiger partial charge in [0.25, 0.3) is 0 Å². The van der Waals surface area contributed by atoms with Gasteiger partial charge in [0.1, 0.15) is 0 Å². The zero-order valence-electron chi connectivity index (χ0n) is 18.7. The van der Waals surface area contributed by atoms with Crippen molar-refractivity contribution in [3.8, 4) is 0 Å². The molecule has 0 bridgehead atoms. The predicted octanol–water partition coefficient (Wildman–Crippen LogP) is 3.14. The molecular weight excluding hydrogens is 400 g/mol. The minimum absolute atomic E-state index is 0.174. The number of primary sulfonamides is 2. The van der Waals surface area contributed by atoms with Gasteiger partial charge < -0.3 is 4.74 Å². The van der Waals surface area contributed by atoms with E-state index in [0.29, 0.717) is 25.7 Å². The van der Waals surface area contributed by atoms with E-state index >= 15 is 0 Å². The highest BCUT2D eigenvalue weighted by molar-refractivity contribution is 7.89. The van der Waals surface area contributed by atoms with Gasteiger partial charge in [0.15, 0.2) is 0 Å². The van der Waals surface area contributed by atoms with Gasteiger partial charge >= 0.3 is 0 Å². The molecule has 0 amide bonds. The van der Waals surface area contributed by atoms with E-state index in [1.54, 1.807) is 6.92 Å². The standard InChI is InChI=1S/C19H42N2O5S2/c1-8-12-15(18(5,6)17(10-3)28(21,24)25)26-16(13-9-2)19(7,11-4)14-27(20,22)23/h15-17H,8-14H2,1-7H3,(H2,20,22,23)(H2,21,24,25). The highest BCUT2D eigenvalue weighted by atomic mass is 32.2. The maximum atomic E-state index is 12.2. The van der Waals surface area contributed by atoms with Crippen LogP contribution in [0, 0.1) is 10.8 Å². The van der Waals surface area contributed by atoms with Crippen molar-refractivity contribution >= 4 is 20.0 Å². The van der Waals surface area contributed by atoms with Crippen LogP contribution >= 0.6 is 0 Å². The Bertz CT molecular complexity index is 676. The lowest BCUT2D eigenvalue weighted by atomic mass is 9.77. The van der Waals surface area contributed by atoms with Gasteiger partial charge in [0, 0.05) is 10.8 Å². The van der Waals surface area contributed by atoms with Crippen LogP contribution in [0.15, 0.2) is 0 Å². The first-order valence-electron chi connectivity index (χ1n) is 10.3. The minimum Gasteiger partial charge on any atom is -0.374 e. The maximum Gasteiger partial charge on any atom is 0.212 e. The topological polar surface area (TPSA) is 130 Å². The Hall–Kier alpha value is -0.220. The van der Waals surface area contributed by atoms with Gasteiger partial charge in [-0.15, -0.1) is 0 Å². The van der Waals surface area contributed by atoms with Crippen LogP contribution in [-0.2, 0) is 24.8 Å². The molecule has 0 saturated carbocycles. The molecule has 4 atom stereocenters. The molecule has 0 rings (SSSR count). The van der Waals surface area contributed by atoms with Crippen LogP contribution in [0.1, 0.15) is 87.0 Å². The Morgan fingerprint density at radius 3 is 1.64 bits per heavy atom. The third-order valence-corrected chi connectivity index (χ3v) is 8.77. The van der Waals surface area contributed by atoms with Crippen molar-refractivity contribution in [1.82, 2.24) is 0 Å².